The molecule has 1 aliphatic heterocycles. The van der Waals surface area contributed by atoms with Crippen molar-refractivity contribution in [1.82, 2.24) is 5.32 Å². The maximum atomic E-state index is 4.57. The van der Waals surface area contributed by atoms with E-state index in [1.165, 1.54) is 29.6 Å². The summed E-state index contributed by atoms with van der Waals surface area (Å²) >= 11 is 1.82. The summed E-state index contributed by atoms with van der Waals surface area (Å²) in [5, 5.41) is 3.78. The monoisotopic (exact) mass is 351 g/mol. The van der Waals surface area contributed by atoms with Crippen LogP contribution < -0.4 is 5.32 Å². The Morgan fingerprint density at radius 3 is 1.06 bits per heavy atom. The van der Waals surface area contributed by atoms with Crippen LogP contribution in [0.3, 0.4) is 0 Å². The van der Waals surface area contributed by atoms with Gasteiger partial charge in [-0.05, 0) is 48.9 Å². The second-order valence-corrected chi connectivity index (χ2v) is 4.15. The fourth-order valence-corrected chi connectivity index (χ4v) is 1.72. The molecule has 1 nitrogen and oxygen atoms in total. The quantitative estimate of drug-likeness (QED) is 0.581. The van der Waals surface area contributed by atoms with Gasteiger partial charge in [0.2, 0.25) is 0 Å². The molecule has 1 saturated heterocycles. The summed E-state index contributed by atoms with van der Waals surface area (Å²) in [6.07, 6.45) is 5.72. The van der Waals surface area contributed by atoms with Gasteiger partial charge in [-0.25, -0.2) is 5.32 Å². The Morgan fingerprint density at radius 2 is 0.944 bits per heavy atom. The van der Waals surface area contributed by atoms with Gasteiger partial charge in [-0.2, -0.15) is 0 Å². The first kappa shape index (κ1) is 18.9. The van der Waals surface area contributed by atoms with Crippen molar-refractivity contribution in [3.05, 3.63) is 61.9 Å². The van der Waals surface area contributed by atoms with Crippen molar-refractivity contribution in [1.29, 1.82) is 0 Å². The van der Waals surface area contributed by atoms with E-state index in [1.807, 2.05) is 36.6 Å². The van der Waals surface area contributed by atoms with E-state index in [0.717, 1.165) is 0 Å². The van der Waals surface area contributed by atoms with Crippen molar-refractivity contribution in [2.45, 2.75) is 34.6 Å². The predicted molar refractivity (Wildman–Crippen MR) is 74.1 cm³/mol. The number of hydrogen-bond donors (Lipinski definition) is 0. The molecule has 0 N–H and O–H groups in total. The van der Waals surface area contributed by atoms with Crippen molar-refractivity contribution in [3.63, 3.8) is 0 Å². The molecule has 1 aliphatic carbocycles. The molecule has 1 saturated carbocycles. The van der Waals surface area contributed by atoms with Crippen LogP contribution in [0.2, 0.25) is 0 Å². The van der Waals surface area contributed by atoms with Gasteiger partial charge >= 0.3 is 27.0 Å². The molecule has 2 aliphatic rings. The summed E-state index contributed by atoms with van der Waals surface area (Å²) in [7, 11) is 4.57. The first-order chi connectivity index (χ1) is 8.55. The number of rotatable bonds is 0. The Morgan fingerprint density at radius 1 is 0.667 bits per heavy atom. The fourth-order valence-electron chi connectivity index (χ4n) is 1.72. The van der Waals surface area contributed by atoms with Gasteiger partial charge in [-0.3, -0.25) is 0 Å². The molecule has 99 valence electrons. The third-order valence-electron chi connectivity index (χ3n) is 3.38. The topological polar surface area (TPSA) is 14.1 Å². The number of piperidine rings is 1. The molecular formula is C15H20ClNRu+. The molecule has 0 atom stereocenters. The molecule has 0 unspecified atom stereocenters. The Bertz CT molecular complexity index is 141. The van der Waals surface area contributed by atoms with E-state index in [-0.39, 0.29) is 0 Å². The van der Waals surface area contributed by atoms with E-state index in [2.05, 4.69) is 49.6 Å². The third kappa shape index (κ3) is 5.89. The molecule has 0 aromatic heterocycles. The van der Waals surface area contributed by atoms with Gasteiger partial charge in [0.25, 0.3) is 0 Å². The zero-order valence-electron chi connectivity index (χ0n) is 11.6. The molecule has 11 radical (unpaired) electrons. The van der Waals surface area contributed by atoms with E-state index in [1.54, 1.807) is 13.1 Å². The van der Waals surface area contributed by atoms with E-state index < -0.39 is 0 Å². The first-order valence-corrected chi connectivity index (χ1v) is 7.97. The predicted octanol–water partition coefficient (Wildman–Crippen LogP) is 4.20. The molecule has 18 heavy (non-hydrogen) atoms. The van der Waals surface area contributed by atoms with Crippen molar-refractivity contribution < 1.29 is 17.3 Å². The van der Waals surface area contributed by atoms with E-state index in [9.17, 15) is 0 Å². The van der Waals surface area contributed by atoms with Crippen molar-refractivity contribution in [2.75, 3.05) is 0 Å². The molecule has 3 heteroatoms. The average molecular weight is 351 g/mol. The summed E-state index contributed by atoms with van der Waals surface area (Å²) in [5.41, 5.74) is 0. The first-order valence-electron chi connectivity index (χ1n) is 5.73. The summed E-state index contributed by atoms with van der Waals surface area (Å²) in [6, 6.07) is 0. The van der Waals surface area contributed by atoms with E-state index in [0.29, 0.717) is 0 Å². The van der Waals surface area contributed by atoms with Gasteiger partial charge in [0, 0.05) is 13.1 Å². The standard InChI is InChI=1S/C10H15.C5H5N.ClH.Ru/c1-6-7(2)9(4)10(5)8(6)3;1-2-4-6-5-3-1;;/h1-5H3;1-5H;1H;/q;;;+2/p-1. The van der Waals surface area contributed by atoms with Crippen LogP contribution >= 0.6 is 9.69 Å². The van der Waals surface area contributed by atoms with Gasteiger partial charge in [-0.1, -0.05) is 34.6 Å². The second-order valence-electron chi connectivity index (χ2n) is 4.15. The van der Waals surface area contributed by atoms with Crippen molar-refractivity contribution in [2.24, 2.45) is 0 Å². The third-order valence-corrected chi connectivity index (χ3v) is 3.38. The molecular weight excluding hydrogens is 331 g/mol. The molecule has 2 rings (SSSR count). The number of nitrogens with zero attached hydrogens (tertiary/aromatic N) is 1. The van der Waals surface area contributed by atoms with Crippen LogP contribution in [0.25, 0.3) is 0 Å². The second kappa shape index (κ2) is 10.6. The number of halogens is 1. The summed E-state index contributed by atoms with van der Waals surface area (Å²) < 4.78 is 0. The van der Waals surface area contributed by atoms with E-state index >= 15 is 0 Å². The summed E-state index contributed by atoms with van der Waals surface area (Å²) in [5.74, 6) is 7.34. The number of hydrogen-bond acceptors (Lipinski definition) is 0. The van der Waals surface area contributed by atoms with Crippen LogP contribution in [0, 0.1) is 61.9 Å². The Balaban J connectivity index is 0.000000308. The zero-order valence-corrected chi connectivity index (χ0v) is 14.1. The van der Waals surface area contributed by atoms with Crippen LogP contribution in [0.4, 0.5) is 0 Å². The molecule has 2 fully saturated rings. The maximum absolute atomic E-state index is 4.57. The summed E-state index contributed by atoms with van der Waals surface area (Å²) in [4.78, 5) is 0. The Labute approximate surface area is 129 Å². The SMILES string of the molecule is C[C]1[C](C)[C](C)[C](C)[C]1C.[CH]1[CH][CH][N][CH][CH]1.[Cl][Ru+]. The van der Waals surface area contributed by atoms with Crippen LogP contribution in [0.15, 0.2) is 0 Å². The van der Waals surface area contributed by atoms with Gasteiger partial charge in [0.15, 0.2) is 0 Å². The van der Waals surface area contributed by atoms with Crippen molar-refractivity contribution in [3.8, 4) is 0 Å². The summed E-state index contributed by atoms with van der Waals surface area (Å²) in [6.45, 7) is 14.5. The Kier molecular flexibility index (Phi) is 11.2. The minimum atomic E-state index is 1.47. The van der Waals surface area contributed by atoms with Crippen LogP contribution in [-0.4, -0.2) is 0 Å². The van der Waals surface area contributed by atoms with Crippen molar-refractivity contribution >= 4 is 9.69 Å². The van der Waals surface area contributed by atoms with Crippen LogP contribution in [0.1, 0.15) is 34.6 Å². The normalized spacial score (nSPS) is 24.2. The Hall–Kier alpha value is 0.873. The molecule has 0 amide bonds. The van der Waals surface area contributed by atoms with Gasteiger partial charge < -0.3 is 0 Å². The molecule has 0 aromatic carbocycles. The molecule has 0 spiro atoms. The molecule has 0 aromatic rings. The average Bonchev–Trinajstić information content (AvgIpc) is 2.62. The van der Waals surface area contributed by atoms with Gasteiger partial charge in [-0.15, -0.1) is 0 Å². The van der Waals surface area contributed by atoms with Gasteiger partial charge in [0.1, 0.15) is 0 Å². The van der Waals surface area contributed by atoms with Crippen LogP contribution in [-0.2, 0) is 17.3 Å². The fraction of sp³-hybridized carbons (Fsp3) is 0.333. The zero-order chi connectivity index (χ0) is 14.1. The minimum absolute atomic E-state index is 1.47. The van der Waals surface area contributed by atoms with Crippen LogP contribution in [0.5, 0.6) is 0 Å². The molecule has 1 heterocycles. The molecule has 0 bridgehead atoms. The van der Waals surface area contributed by atoms with Gasteiger partial charge in [0.05, 0.1) is 0 Å². The van der Waals surface area contributed by atoms with E-state index in [4.69, 9.17) is 0 Å².